The highest BCUT2D eigenvalue weighted by Crippen LogP contribution is 2.37. The first-order valence-electron chi connectivity index (χ1n) is 8.80. The predicted octanol–water partition coefficient (Wildman–Crippen LogP) is 3.28. The van der Waals surface area contributed by atoms with Crippen molar-refractivity contribution in [1.82, 2.24) is 10.3 Å². The number of rotatable bonds is 7. The van der Waals surface area contributed by atoms with Crippen LogP contribution in [0.25, 0.3) is 0 Å². The van der Waals surface area contributed by atoms with Crippen molar-refractivity contribution in [2.24, 2.45) is 5.92 Å². The molecule has 1 amide bonds. The SMILES string of the molecule is C=C(C)COc1ccccc1C(=O)N[C@@H](c1ccccn1)C1CC(O)C1. The molecule has 0 unspecified atom stereocenters. The van der Waals surface area contributed by atoms with Crippen molar-refractivity contribution in [3.8, 4) is 5.75 Å². The maximum absolute atomic E-state index is 12.9. The van der Waals surface area contributed by atoms with Crippen LogP contribution >= 0.6 is 0 Å². The lowest BCUT2D eigenvalue weighted by molar-refractivity contribution is 0.0228. The van der Waals surface area contributed by atoms with Crippen molar-refractivity contribution < 1.29 is 14.6 Å². The maximum atomic E-state index is 12.9. The van der Waals surface area contributed by atoms with Gasteiger partial charge in [0, 0.05) is 6.20 Å². The van der Waals surface area contributed by atoms with E-state index in [0.29, 0.717) is 30.8 Å². The van der Waals surface area contributed by atoms with E-state index in [1.54, 1.807) is 18.3 Å². The molecule has 5 heteroatoms. The zero-order valence-electron chi connectivity index (χ0n) is 14.9. The highest BCUT2D eigenvalue weighted by atomic mass is 16.5. The van der Waals surface area contributed by atoms with Crippen LogP contribution in [0, 0.1) is 5.92 Å². The minimum absolute atomic E-state index is 0.173. The Labute approximate surface area is 153 Å². The molecule has 1 aromatic heterocycles. The minimum Gasteiger partial charge on any atom is -0.488 e. The molecule has 1 aromatic carbocycles. The third-order valence-corrected chi connectivity index (χ3v) is 4.52. The van der Waals surface area contributed by atoms with Gasteiger partial charge in [-0.05, 0) is 55.5 Å². The molecule has 1 aliphatic rings. The van der Waals surface area contributed by atoms with Gasteiger partial charge in [-0.2, -0.15) is 0 Å². The molecule has 1 saturated carbocycles. The molecule has 2 N–H and O–H groups in total. The number of carbonyl (C=O) groups excluding carboxylic acids is 1. The van der Waals surface area contributed by atoms with Crippen molar-refractivity contribution in [2.45, 2.75) is 31.9 Å². The Balaban J connectivity index is 1.79. The Morgan fingerprint density at radius 3 is 2.69 bits per heavy atom. The molecule has 1 heterocycles. The minimum atomic E-state index is -0.297. The topological polar surface area (TPSA) is 71.5 Å². The predicted molar refractivity (Wildman–Crippen MR) is 99.9 cm³/mol. The summed E-state index contributed by atoms with van der Waals surface area (Å²) in [5.41, 5.74) is 2.17. The first kappa shape index (κ1) is 18.1. The molecule has 5 nitrogen and oxygen atoms in total. The maximum Gasteiger partial charge on any atom is 0.255 e. The van der Waals surface area contributed by atoms with Gasteiger partial charge >= 0.3 is 0 Å². The Kier molecular flexibility index (Phi) is 5.68. The molecule has 136 valence electrons. The van der Waals surface area contributed by atoms with E-state index in [9.17, 15) is 9.90 Å². The summed E-state index contributed by atoms with van der Waals surface area (Å²) in [5, 5.41) is 12.8. The van der Waals surface area contributed by atoms with Gasteiger partial charge in [-0.1, -0.05) is 24.8 Å². The first-order chi connectivity index (χ1) is 12.5. The number of para-hydroxylation sites is 1. The van der Waals surface area contributed by atoms with Crippen LogP contribution in [0.4, 0.5) is 0 Å². The van der Waals surface area contributed by atoms with E-state index in [0.717, 1.165) is 11.3 Å². The van der Waals surface area contributed by atoms with Crippen molar-refractivity contribution in [3.05, 3.63) is 72.1 Å². The van der Waals surface area contributed by atoms with Gasteiger partial charge in [-0.3, -0.25) is 9.78 Å². The van der Waals surface area contributed by atoms with Crippen LogP contribution in [0.15, 0.2) is 60.8 Å². The van der Waals surface area contributed by atoms with Crippen molar-refractivity contribution in [3.63, 3.8) is 0 Å². The van der Waals surface area contributed by atoms with Gasteiger partial charge in [-0.15, -0.1) is 0 Å². The van der Waals surface area contributed by atoms with Crippen LogP contribution in [0.3, 0.4) is 0 Å². The quantitative estimate of drug-likeness (QED) is 0.750. The van der Waals surface area contributed by atoms with Crippen LogP contribution < -0.4 is 10.1 Å². The monoisotopic (exact) mass is 352 g/mol. The first-order valence-corrected chi connectivity index (χ1v) is 8.80. The number of benzene rings is 1. The number of hydrogen-bond acceptors (Lipinski definition) is 4. The lowest BCUT2D eigenvalue weighted by Crippen LogP contribution is -2.41. The van der Waals surface area contributed by atoms with E-state index in [-0.39, 0.29) is 24.0 Å². The van der Waals surface area contributed by atoms with Crippen molar-refractivity contribution in [1.29, 1.82) is 0 Å². The number of nitrogens with one attached hydrogen (secondary N) is 1. The molecule has 0 saturated heterocycles. The van der Waals surface area contributed by atoms with Gasteiger partial charge in [-0.25, -0.2) is 0 Å². The summed E-state index contributed by atoms with van der Waals surface area (Å²) in [5.74, 6) is 0.494. The van der Waals surface area contributed by atoms with E-state index >= 15 is 0 Å². The van der Waals surface area contributed by atoms with Gasteiger partial charge in [0.1, 0.15) is 12.4 Å². The smallest absolute Gasteiger partial charge is 0.255 e. The standard InChI is InChI=1S/C21H24N2O3/c1-14(2)13-26-19-9-4-3-7-17(19)21(25)23-20(15-11-16(24)12-15)18-8-5-6-10-22-18/h3-10,15-16,20,24H,1,11-13H2,2H3,(H,23,25)/t15?,16?,20-/m1/s1. The number of amides is 1. The van der Waals surface area contributed by atoms with Gasteiger partial charge < -0.3 is 15.2 Å². The summed E-state index contributed by atoms with van der Waals surface area (Å²) in [6.45, 7) is 6.06. The molecule has 1 atom stereocenters. The van der Waals surface area contributed by atoms with Crippen LogP contribution in [0.5, 0.6) is 5.75 Å². The van der Waals surface area contributed by atoms with Crippen LogP contribution in [-0.2, 0) is 0 Å². The van der Waals surface area contributed by atoms with Crippen molar-refractivity contribution in [2.75, 3.05) is 6.61 Å². The number of ether oxygens (including phenoxy) is 1. The summed E-state index contributed by atoms with van der Waals surface area (Å²) in [7, 11) is 0. The average molecular weight is 352 g/mol. The molecular weight excluding hydrogens is 328 g/mol. The number of hydrogen-bond donors (Lipinski definition) is 2. The molecule has 3 rings (SSSR count). The number of aromatic nitrogens is 1. The number of aliphatic hydroxyl groups excluding tert-OH is 1. The van der Waals surface area contributed by atoms with Crippen LogP contribution in [0.2, 0.25) is 0 Å². The Hall–Kier alpha value is -2.66. The largest absolute Gasteiger partial charge is 0.488 e. The van der Waals surface area contributed by atoms with E-state index in [2.05, 4.69) is 16.9 Å². The average Bonchev–Trinajstić information content (AvgIpc) is 2.63. The Morgan fingerprint density at radius 1 is 1.31 bits per heavy atom. The van der Waals surface area contributed by atoms with Crippen LogP contribution in [-0.4, -0.2) is 28.7 Å². The number of carbonyl (C=O) groups is 1. The lowest BCUT2D eigenvalue weighted by atomic mass is 9.76. The molecule has 0 bridgehead atoms. The molecule has 1 aliphatic carbocycles. The van der Waals surface area contributed by atoms with Gasteiger partial charge in [0.05, 0.1) is 23.4 Å². The summed E-state index contributed by atoms with van der Waals surface area (Å²) in [6, 6.07) is 12.6. The van der Waals surface area contributed by atoms with E-state index < -0.39 is 0 Å². The third kappa shape index (κ3) is 4.29. The zero-order valence-corrected chi connectivity index (χ0v) is 14.9. The molecular formula is C21H24N2O3. The summed E-state index contributed by atoms with van der Waals surface area (Å²) >= 11 is 0. The van der Waals surface area contributed by atoms with Crippen LogP contribution in [0.1, 0.15) is 41.9 Å². The van der Waals surface area contributed by atoms with E-state index in [4.69, 9.17) is 4.74 Å². The fourth-order valence-corrected chi connectivity index (χ4v) is 3.10. The fraction of sp³-hybridized carbons (Fsp3) is 0.333. The number of aliphatic hydroxyl groups is 1. The van der Waals surface area contributed by atoms with Gasteiger partial charge in [0.2, 0.25) is 0 Å². The van der Waals surface area contributed by atoms with E-state index in [1.165, 1.54) is 0 Å². The second-order valence-electron chi connectivity index (χ2n) is 6.83. The zero-order chi connectivity index (χ0) is 18.5. The molecule has 0 radical (unpaired) electrons. The Morgan fingerprint density at radius 2 is 2.04 bits per heavy atom. The molecule has 2 aromatic rings. The van der Waals surface area contributed by atoms with E-state index in [1.807, 2.05) is 37.3 Å². The normalized spacial score (nSPS) is 19.9. The second kappa shape index (κ2) is 8.15. The summed E-state index contributed by atoms with van der Waals surface area (Å²) in [4.78, 5) is 17.3. The summed E-state index contributed by atoms with van der Waals surface area (Å²) < 4.78 is 5.71. The molecule has 1 fully saturated rings. The number of pyridine rings is 1. The summed E-state index contributed by atoms with van der Waals surface area (Å²) in [6.07, 6.45) is 2.74. The highest BCUT2D eigenvalue weighted by Gasteiger charge is 2.36. The molecule has 0 aliphatic heterocycles. The fourth-order valence-electron chi connectivity index (χ4n) is 3.10. The number of nitrogens with zero attached hydrogens (tertiary/aromatic N) is 1. The molecule has 26 heavy (non-hydrogen) atoms. The third-order valence-electron chi connectivity index (χ3n) is 4.52. The second-order valence-corrected chi connectivity index (χ2v) is 6.83. The van der Waals surface area contributed by atoms with Gasteiger partial charge in [0.25, 0.3) is 5.91 Å². The molecule has 0 spiro atoms. The lowest BCUT2D eigenvalue weighted by Gasteiger charge is -2.37. The van der Waals surface area contributed by atoms with Crippen molar-refractivity contribution >= 4 is 5.91 Å². The Bertz CT molecular complexity index is 770. The van der Waals surface area contributed by atoms with Gasteiger partial charge in [0.15, 0.2) is 0 Å². The highest BCUT2D eigenvalue weighted by molar-refractivity contribution is 5.97.